The highest BCUT2D eigenvalue weighted by atomic mass is 32.1. The average molecular weight is 287 g/mol. The molecule has 0 aliphatic carbocycles. The first-order valence-electron chi connectivity index (χ1n) is 6.29. The van der Waals surface area contributed by atoms with Crippen LogP contribution in [0.1, 0.15) is 22.2 Å². The molecule has 0 spiro atoms. The normalized spacial score (nSPS) is 11.1. The molecule has 0 amide bonds. The molecule has 3 rings (SSSR count). The maximum Gasteiger partial charge on any atom is 0.343 e. The van der Waals surface area contributed by atoms with Crippen LogP contribution in [-0.4, -0.2) is 12.6 Å². The van der Waals surface area contributed by atoms with E-state index >= 15 is 0 Å². The molecule has 3 aromatic rings. The van der Waals surface area contributed by atoms with Crippen LogP contribution < -0.4 is 5.55 Å². The Morgan fingerprint density at radius 2 is 2.20 bits per heavy atom. The predicted molar refractivity (Wildman–Crippen MR) is 78.1 cm³/mol. The minimum atomic E-state index is -0.523. The van der Waals surface area contributed by atoms with Gasteiger partial charge >= 0.3 is 5.97 Å². The van der Waals surface area contributed by atoms with Gasteiger partial charge in [-0.15, -0.1) is 11.3 Å². The van der Waals surface area contributed by atoms with E-state index in [4.69, 9.17) is 14.6 Å². The minimum absolute atomic E-state index is 0.158. The molecule has 5 heteroatoms. The quantitative estimate of drug-likeness (QED) is 0.732. The third-order valence-electron chi connectivity index (χ3n) is 3.05. The standard InChI is InChI=1S/C15H13NO3S/c1-3-18-15(17)11-7-9-4-5-12-10(6-8(2)20-12)13(9)19-14(11)16/h4-7,16H,3H2,1-2H3. The van der Waals surface area contributed by atoms with E-state index in [1.807, 2.05) is 25.1 Å². The van der Waals surface area contributed by atoms with Crippen LogP contribution in [0, 0.1) is 12.3 Å². The molecule has 0 aliphatic rings. The number of rotatable bonds is 2. The van der Waals surface area contributed by atoms with Gasteiger partial charge in [-0.25, -0.2) is 4.79 Å². The zero-order chi connectivity index (χ0) is 14.3. The van der Waals surface area contributed by atoms with Gasteiger partial charge in [-0.1, -0.05) is 0 Å². The lowest BCUT2D eigenvalue weighted by Crippen LogP contribution is -2.16. The number of hydrogen-bond acceptors (Lipinski definition) is 5. The van der Waals surface area contributed by atoms with Crippen molar-refractivity contribution >= 4 is 38.4 Å². The minimum Gasteiger partial charge on any atom is -0.462 e. The molecule has 1 aromatic carbocycles. The van der Waals surface area contributed by atoms with Gasteiger partial charge in [0.25, 0.3) is 0 Å². The molecule has 0 fully saturated rings. The molecule has 0 saturated heterocycles. The monoisotopic (exact) mass is 287 g/mol. The highest BCUT2D eigenvalue weighted by Crippen LogP contribution is 2.31. The Labute approximate surface area is 119 Å². The second-order valence-corrected chi connectivity index (χ2v) is 5.75. The summed E-state index contributed by atoms with van der Waals surface area (Å²) in [6.07, 6.45) is 0. The maximum absolute atomic E-state index is 11.8. The van der Waals surface area contributed by atoms with Crippen molar-refractivity contribution in [3.8, 4) is 0 Å². The summed E-state index contributed by atoms with van der Waals surface area (Å²) in [5.74, 6) is -0.523. The van der Waals surface area contributed by atoms with Crippen LogP contribution in [0.25, 0.3) is 21.1 Å². The number of benzene rings is 1. The van der Waals surface area contributed by atoms with Gasteiger partial charge in [0.05, 0.1) is 6.61 Å². The fourth-order valence-corrected chi connectivity index (χ4v) is 3.12. The zero-order valence-corrected chi connectivity index (χ0v) is 12.0. The van der Waals surface area contributed by atoms with Crippen molar-refractivity contribution in [1.82, 2.24) is 0 Å². The van der Waals surface area contributed by atoms with Crippen molar-refractivity contribution in [2.45, 2.75) is 13.8 Å². The lowest BCUT2D eigenvalue weighted by Gasteiger charge is -2.04. The van der Waals surface area contributed by atoms with Gasteiger partial charge in [-0.05, 0) is 38.1 Å². The third-order valence-corrected chi connectivity index (χ3v) is 4.06. The predicted octanol–water partition coefficient (Wildman–Crippen LogP) is 3.61. The van der Waals surface area contributed by atoms with E-state index in [1.54, 1.807) is 24.3 Å². The molecular weight excluding hydrogens is 274 g/mol. The van der Waals surface area contributed by atoms with Gasteiger partial charge in [0.15, 0.2) is 0 Å². The van der Waals surface area contributed by atoms with E-state index in [9.17, 15) is 4.79 Å². The lowest BCUT2D eigenvalue weighted by molar-refractivity contribution is 0.0521. The van der Waals surface area contributed by atoms with Crippen molar-refractivity contribution in [3.05, 3.63) is 40.3 Å². The van der Waals surface area contributed by atoms with E-state index in [0.29, 0.717) is 5.58 Å². The number of thiophene rings is 1. The van der Waals surface area contributed by atoms with Crippen molar-refractivity contribution < 1.29 is 13.9 Å². The second-order valence-electron chi connectivity index (χ2n) is 4.46. The summed E-state index contributed by atoms with van der Waals surface area (Å²) >= 11 is 1.68. The summed E-state index contributed by atoms with van der Waals surface area (Å²) in [7, 11) is 0. The molecule has 0 radical (unpaired) electrons. The molecule has 0 atom stereocenters. The van der Waals surface area contributed by atoms with Crippen LogP contribution in [0.4, 0.5) is 0 Å². The number of fused-ring (bicyclic) bond motifs is 3. The van der Waals surface area contributed by atoms with Crippen molar-refractivity contribution in [1.29, 1.82) is 5.41 Å². The highest BCUT2D eigenvalue weighted by Gasteiger charge is 2.14. The molecule has 2 aromatic heterocycles. The highest BCUT2D eigenvalue weighted by molar-refractivity contribution is 7.19. The summed E-state index contributed by atoms with van der Waals surface area (Å²) in [6, 6.07) is 7.60. The molecule has 4 nitrogen and oxygen atoms in total. The number of ether oxygens (including phenoxy) is 1. The molecule has 0 unspecified atom stereocenters. The van der Waals surface area contributed by atoms with Crippen LogP contribution in [0.2, 0.25) is 0 Å². The summed E-state index contributed by atoms with van der Waals surface area (Å²) in [4.78, 5) is 13.0. The summed E-state index contributed by atoms with van der Waals surface area (Å²) < 4.78 is 11.6. The third kappa shape index (κ3) is 2.00. The fraction of sp³-hybridized carbons (Fsp3) is 0.200. The summed E-state index contributed by atoms with van der Waals surface area (Å²) in [6.45, 7) is 4.04. The number of carbonyl (C=O) groups is 1. The van der Waals surface area contributed by atoms with E-state index in [1.165, 1.54) is 4.88 Å². The SMILES string of the molecule is CCOC(=O)c1cc2ccc3sc(C)cc3c2oc1=N. The number of esters is 1. The molecule has 0 bridgehead atoms. The second kappa shape index (κ2) is 4.76. The first kappa shape index (κ1) is 12.9. The molecule has 102 valence electrons. The van der Waals surface area contributed by atoms with Gasteiger partial charge in [-0.2, -0.15) is 0 Å². The molecule has 1 N–H and O–H groups in total. The molecule has 2 heterocycles. The molecule has 0 aliphatic heterocycles. The van der Waals surface area contributed by atoms with E-state index in [-0.39, 0.29) is 17.7 Å². The van der Waals surface area contributed by atoms with Crippen molar-refractivity contribution in [3.63, 3.8) is 0 Å². The Morgan fingerprint density at radius 3 is 2.95 bits per heavy atom. The summed E-state index contributed by atoms with van der Waals surface area (Å²) in [5, 5.41) is 9.66. The van der Waals surface area contributed by atoms with Crippen molar-refractivity contribution in [2.75, 3.05) is 6.61 Å². The van der Waals surface area contributed by atoms with Gasteiger partial charge in [0.1, 0.15) is 11.1 Å². The van der Waals surface area contributed by atoms with Crippen LogP contribution >= 0.6 is 11.3 Å². The Bertz CT molecular complexity index is 876. The largest absolute Gasteiger partial charge is 0.462 e. The topological polar surface area (TPSA) is 63.3 Å². The van der Waals surface area contributed by atoms with Gasteiger partial charge < -0.3 is 9.15 Å². The Morgan fingerprint density at radius 1 is 1.40 bits per heavy atom. The smallest absolute Gasteiger partial charge is 0.343 e. The first-order valence-corrected chi connectivity index (χ1v) is 7.10. The van der Waals surface area contributed by atoms with Crippen molar-refractivity contribution in [2.24, 2.45) is 0 Å². The molecule has 0 saturated carbocycles. The lowest BCUT2D eigenvalue weighted by atomic mass is 10.1. The van der Waals surface area contributed by atoms with Gasteiger partial charge in [0.2, 0.25) is 5.55 Å². The Kier molecular flexibility index (Phi) is 3.06. The fourth-order valence-electron chi connectivity index (χ4n) is 2.20. The maximum atomic E-state index is 11.8. The summed E-state index contributed by atoms with van der Waals surface area (Å²) in [5.41, 5.74) is 0.642. The van der Waals surface area contributed by atoms with E-state index in [2.05, 4.69) is 0 Å². The number of nitrogens with one attached hydrogen (secondary N) is 1. The van der Waals surface area contributed by atoms with Gasteiger partial charge in [-0.3, -0.25) is 5.41 Å². The van der Waals surface area contributed by atoms with E-state index < -0.39 is 5.97 Å². The van der Waals surface area contributed by atoms with E-state index in [0.717, 1.165) is 15.5 Å². The van der Waals surface area contributed by atoms with Gasteiger partial charge in [0, 0.05) is 20.3 Å². The Hall–Kier alpha value is -2.14. The molecule has 20 heavy (non-hydrogen) atoms. The van der Waals surface area contributed by atoms with Crippen LogP contribution in [0.15, 0.2) is 28.7 Å². The Balaban J connectivity index is 2.29. The van der Waals surface area contributed by atoms with Crippen LogP contribution in [0.5, 0.6) is 0 Å². The van der Waals surface area contributed by atoms with Crippen LogP contribution in [0.3, 0.4) is 0 Å². The first-order chi connectivity index (χ1) is 9.60. The number of hydrogen-bond donors (Lipinski definition) is 1. The zero-order valence-electron chi connectivity index (χ0n) is 11.1. The average Bonchev–Trinajstić information content (AvgIpc) is 2.79. The number of aryl methyl sites for hydroxylation is 1. The number of carbonyl (C=O) groups excluding carboxylic acids is 1. The molecular formula is C15H13NO3S. The van der Waals surface area contributed by atoms with Crippen LogP contribution in [-0.2, 0) is 4.74 Å².